The van der Waals surface area contributed by atoms with Crippen molar-refractivity contribution in [2.75, 3.05) is 11.9 Å². The van der Waals surface area contributed by atoms with Crippen LogP contribution in [0.5, 0.6) is 0 Å². The third-order valence-corrected chi connectivity index (χ3v) is 5.39. The van der Waals surface area contributed by atoms with Gasteiger partial charge in [0.2, 0.25) is 0 Å². The smallest absolute Gasteiger partial charge is 0.291 e. The number of unbranched alkanes of at least 4 members (excludes halogenated alkanes) is 1. The minimum atomic E-state index is -0.318. The molecule has 6 heteroatoms. The second-order valence-corrected chi connectivity index (χ2v) is 7.06. The highest BCUT2D eigenvalue weighted by molar-refractivity contribution is 7.17. The van der Waals surface area contributed by atoms with E-state index in [1.165, 1.54) is 22.5 Å². The van der Waals surface area contributed by atoms with Gasteiger partial charge in [0.05, 0.1) is 11.8 Å². The minimum absolute atomic E-state index is 0.0856. The number of nitrogens with one attached hydrogen (secondary N) is 2. The molecule has 1 aliphatic rings. The van der Waals surface area contributed by atoms with Crippen molar-refractivity contribution >= 4 is 28.2 Å². The van der Waals surface area contributed by atoms with Crippen molar-refractivity contribution in [3.05, 3.63) is 40.2 Å². The van der Waals surface area contributed by atoms with E-state index in [4.69, 9.17) is 4.42 Å². The molecule has 3 rings (SSSR count). The number of amides is 2. The van der Waals surface area contributed by atoms with E-state index < -0.39 is 0 Å². The molecule has 2 N–H and O–H groups in total. The normalized spacial score (nSPS) is 13.4. The van der Waals surface area contributed by atoms with Gasteiger partial charge in [0.25, 0.3) is 11.8 Å². The molecule has 0 unspecified atom stereocenters. The zero-order valence-electron chi connectivity index (χ0n) is 13.8. The van der Waals surface area contributed by atoms with Crippen molar-refractivity contribution in [2.24, 2.45) is 0 Å². The molecule has 2 aromatic rings. The van der Waals surface area contributed by atoms with Crippen molar-refractivity contribution in [2.45, 2.75) is 45.4 Å². The Morgan fingerprint density at radius 3 is 2.83 bits per heavy atom. The van der Waals surface area contributed by atoms with E-state index in [0.717, 1.165) is 44.1 Å². The molecule has 0 spiro atoms. The van der Waals surface area contributed by atoms with Gasteiger partial charge in [0.1, 0.15) is 5.00 Å². The van der Waals surface area contributed by atoms with E-state index in [1.54, 1.807) is 12.1 Å². The van der Waals surface area contributed by atoms with Gasteiger partial charge >= 0.3 is 0 Å². The first-order valence-corrected chi connectivity index (χ1v) is 9.30. The molecule has 24 heavy (non-hydrogen) atoms. The molecule has 5 nitrogen and oxygen atoms in total. The van der Waals surface area contributed by atoms with Crippen LogP contribution in [0.3, 0.4) is 0 Å². The van der Waals surface area contributed by atoms with Gasteiger partial charge in [-0.2, -0.15) is 0 Å². The molecule has 0 fully saturated rings. The quantitative estimate of drug-likeness (QED) is 0.777. The molecule has 0 aromatic carbocycles. The molecule has 0 radical (unpaired) electrons. The third-order valence-electron chi connectivity index (χ3n) is 4.19. The lowest BCUT2D eigenvalue weighted by molar-refractivity contribution is 0.0953. The summed E-state index contributed by atoms with van der Waals surface area (Å²) in [5.41, 5.74) is 1.75. The van der Waals surface area contributed by atoms with Gasteiger partial charge in [-0.1, -0.05) is 13.3 Å². The number of aryl methyl sites for hydroxylation is 1. The van der Waals surface area contributed by atoms with Crippen molar-refractivity contribution < 1.29 is 14.0 Å². The zero-order chi connectivity index (χ0) is 16.9. The lowest BCUT2D eigenvalue weighted by Gasteiger charge is -2.13. The molecule has 0 saturated carbocycles. The number of hydrogen-bond donors (Lipinski definition) is 2. The largest absolute Gasteiger partial charge is 0.459 e. The first-order valence-electron chi connectivity index (χ1n) is 8.48. The molecule has 2 amide bonds. The van der Waals surface area contributed by atoms with Crippen LogP contribution in [0.1, 0.15) is 64.0 Å². The predicted molar refractivity (Wildman–Crippen MR) is 94.9 cm³/mol. The molecule has 0 atom stereocenters. The Morgan fingerprint density at radius 2 is 2.08 bits per heavy atom. The number of furan rings is 1. The van der Waals surface area contributed by atoms with Gasteiger partial charge in [0.15, 0.2) is 5.76 Å². The van der Waals surface area contributed by atoms with E-state index in [0.29, 0.717) is 17.1 Å². The van der Waals surface area contributed by atoms with Crippen LogP contribution >= 0.6 is 11.3 Å². The number of anilines is 1. The maximum Gasteiger partial charge on any atom is 0.291 e. The van der Waals surface area contributed by atoms with E-state index in [-0.39, 0.29) is 17.6 Å². The molecular formula is C18H22N2O3S. The number of fused-ring (bicyclic) bond motifs is 1. The van der Waals surface area contributed by atoms with Crippen LogP contribution in [-0.2, 0) is 12.8 Å². The van der Waals surface area contributed by atoms with Crippen molar-refractivity contribution in [3.8, 4) is 0 Å². The summed E-state index contributed by atoms with van der Waals surface area (Å²) in [6.07, 6.45) is 7.55. The van der Waals surface area contributed by atoms with Crippen LogP contribution in [0.4, 0.5) is 5.00 Å². The average Bonchev–Trinajstić information content (AvgIpc) is 3.22. The number of carbonyl (C=O) groups is 2. The summed E-state index contributed by atoms with van der Waals surface area (Å²) >= 11 is 1.52. The van der Waals surface area contributed by atoms with E-state index >= 15 is 0 Å². The van der Waals surface area contributed by atoms with Crippen LogP contribution in [0.25, 0.3) is 0 Å². The van der Waals surface area contributed by atoms with Gasteiger partial charge in [-0.3, -0.25) is 9.59 Å². The lowest BCUT2D eigenvalue weighted by atomic mass is 9.95. The predicted octanol–water partition coefficient (Wildman–Crippen LogP) is 4.00. The van der Waals surface area contributed by atoms with Gasteiger partial charge in [-0.25, -0.2) is 0 Å². The maximum absolute atomic E-state index is 12.7. The van der Waals surface area contributed by atoms with Gasteiger partial charge < -0.3 is 15.1 Å². The van der Waals surface area contributed by atoms with Crippen molar-refractivity contribution in [3.63, 3.8) is 0 Å². The number of hydrogen-bond acceptors (Lipinski definition) is 4. The Morgan fingerprint density at radius 1 is 1.25 bits per heavy atom. The molecule has 0 bridgehead atoms. The Hall–Kier alpha value is -2.08. The highest BCUT2D eigenvalue weighted by Gasteiger charge is 2.26. The van der Waals surface area contributed by atoms with Crippen LogP contribution in [-0.4, -0.2) is 18.4 Å². The second kappa shape index (κ2) is 7.66. The van der Waals surface area contributed by atoms with Crippen LogP contribution in [0, 0.1) is 0 Å². The molecule has 128 valence electrons. The number of carbonyl (C=O) groups excluding carboxylic acids is 2. The van der Waals surface area contributed by atoms with E-state index in [9.17, 15) is 9.59 Å². The fourth-order valence-corrected chi connectivity index (χ4v) is 4.22. The van der Waals surface area contributed by atoms with Crippen LogP contribution in [0.15, 0.2) is 22.8 Å². The summed E-state index contributed by atoms with van der Waals surface area (Å²) in [4.78, 5) is 26.2. The number of thiophene rings is 1. The maximum atomic E-state index is 12.7. The van der Waals surface area contributed by atoms with Gasteiger partial charge in [-0.05, 0) is 49.8 Å². The van der Waals surface area contributed by atoms with E-state index in [2.05, 4.69) is 17.6 Å². The fraction of sp³-hybridized carbons (Fsp3) is 0.444. The molecular weight excluding hydrogens is 324 g/mol. The second-order valence-electron chi connectivity index (χ2n) is 5.96. The molecule has 1 aliphatic carbocycles. The standard InChI is InChI=1S/C18H22N2O3S/c1-2-3-10-19-17(22)15-12-7-4-5-9-14(12)24-18(15)20-16(21)13-8-6-11-23-13/h6,8,11H,2-5,7,9-10H2,1H3,(H,19,22)(H,20,21). The fourth-order valence-electron chi connectivity index (χ4n) is 2.93. The van der Waals surface area contributed by atoms with Crippen LogP contribution in [0.2, 0.25) is 0 Å². The molecule has 2 aromatic heterocycles. The summed E-state index contributed by atoms with van der Waals surface area (Å²) in [7, 11) is 0. The monoisotopic (exact) mass is 346 g/mol. The Labute approximate surface area is 145 Å². The average molecular weight is 346 g/mol. The Bertz CT molecular complexity index is 719. The summed E-state index contributed by atoms with van der Waals surface area (Å²) in [5.74, 6) is -0.155. The zero-order valence-corrected chi connectivity index (χ0v) is 14.6. The van der Waals surface area contributed by atoms with Gasteiger partial charge in [0, 0.05) is 11.4 Å². The summed E-state index contributed by atoms with van der Waals surface area (Å²) < 4.78 is 5.14. The highest BCUT2D eigenvalue weighted by atomic mass is 32.1. The topological polar surface area (TPSA) is 71.3 Å². The SMILES string of the molecule is CCCCNC(=O)c1c(NC(=O)c2ccco2)sc2c1CCCC2. The van der Waals surface area contributed by atoms with Crippen molar-refractivity contribution in [1.82, 2.24) is 5.32 Å². The highest BCUT2D eigenvalue weighted by Crippen LogP contribution is 2.38. The lowest BCUT2D eigenvalue weighted by Crippen LogP contribution is -2.26. The first-order chi connectivity index (χ1) is 11.7. The number of rotatable bonds is 6. The van der Waals surface area contributed by atoms with E-state index in [1.807, 2.05) is 0 Å². The van der Waals surface area contributed by atoms with Gasteiger partial charge in [-0.15, -0.1) is 11.3 Å². The summed E-state index contributed by atoms with van der Waals surface area (Å²) in [6.45, 7) is 2.75. The third kappa shape index (κ3) is 3.53. The Kier molecular flexibility index (Phi) is 5.35. The summed E-state index contributed by atoms with van der Waals surface area (Å²) in [5, 5.41) is 6.48. The minimum Gasteiger partial charge on any atom is -0.459 e. The van der Waals surface area contributed by atoms with Crippen LogP contribution < -0.4 is 10.6 Å². The molecule has 0 aliphatic heterocycles. The molecule has 0 saturated heterocycles. The summed E-state index contributed by atoms with van der Waals surface area (Å²) in [6, 6.07) is 3.29. The Balaban J connectivity index is 1.85. The van der Waals surface area contributed by atoms with Crippen molar-refractivity contribution in [1.29, 1.82) is 0 Å². The molecule has 2 heterocycles. The first kappa shape index (κ1) is 16.8.